The van der Waals surface area contributed by atoms with E-state index >= 15 is 0 Å². The summed E-state index contributed by atoms with van der Waals surface area (Å²) in [5.74, 6) is 2.16. The number of carbonyl (C=O) groups is 1. The molecule has 0 saturated carbocycles. The molecule has 0 fully saturated rings. The first kappa shape index (κ1) is 13.3. The Bertz CT molecular complexity index is 456. The summed E-state index contributed by atoms with van der Waals surface area (Å²) in [5.41, 5.74) is 9.43. The predicted octanol–water partition coefficient (Wildman–Crippen LogP) is 2.97. The molecule has 2 heterocycles. The van der Waals surface area contributed by atoms with Gasteiger partial charge in [0.25, 0.3) is 5.91 Å². The summed E-state index contributed by atoms with van der Waals surface area (Å²) in [4.78, 5) is 16.7. The number of azide groups is 1. The number of thioether (sulfide) groups is 1. The van der Waals surface area contributed by atoms with Gasteiger partial charge in [0.05, 0.1) is 4.88 Å². The standard InChI is InChI=1S/C11H14N4OS2/c12-15-14-4-1-3-13-11(16)10-6-8-7-17-5-2-9(8)18-10/h6H,1-5,7H2,(H,13,16). The van der Waals surface area contributed by atoms with E-state index in [9.17, 15) is 4.79 Å². The van der Waals surface area contributed by atoms with Gasteiger partial charge in [0.15, 0.2) is 0 Å². The molecule has 0 radical (unpaired) electrons. The molecule has 0 aliphatic carbocycles. The Balaban J connectivity index is 1.85. The van der Waals surface area contributed by atoms with Crippen molar-refractivity contribution in [3.8, 4) is 0 Å². The fraction of sp³-hybridized carbons (Fsp3) is 0.545. The number of nitrogens with zero attached hydrogens (tertiary/aromatic N) is 3. The van der Waals surface area contributed by atoms with Gasteiger partial charge in [-0.1, -0.05) is 5.11 Å². The summed E-state index contributed by atoms with van der Waals surface area (Å²) in [5, 5.41) is 6.27. The molecule has 0 aromatic carbocycles. The Morgan fingerprint density at radius 2 is 2.50 bits per heavy atom. The van der Waals surface area contributed by atoms with Crippen LogP contribution in [0.3, 0.4) is 0 Å². The minimum Gasteiger partial charge on any atom is -0.351 e. The minimum absolute atomic E-state index is 0.0136. The molecule has 1 amide bonds. The highest BCUT2D eigenvalue weighted by atomic mass is 32.2. The van der Waals surface area contributed by atoms with Gasteiger partial charge in [0.1, 0.15) is 0 Å². The number of aryl methyl sites for hydroxylation is 1. The molecule has 0 unspecified atom stereocenters. The molecule has 1 aliphatic rings. The van der Waals surface area contributed by atoms with Gasteiger partial charge in [-0.15, -0.1) is 11.3 Å². The number of rotatable bonds is 5. The second-order valence-electron chi connectivity index (χ2n) is 3.93. The molecule has 1 aliphatic heterocycles. The van der Waals surface area contributed by atoms with Crippen LogP contribution in [0.5, 0.6) is 0 Å². The van der Waals surface area contributed by atoms with Crippen LogP contribution in [0.2, 0.25) is 0 Å². The van der Waals surface area contributed by atoms with E-state index in [-0.39, 0.29) is 5.91 Å². The van der Waals surface area contributed by atoms with Gasteiger partial charge >= 0.3 is 0 Å². The molecule has 96 valence electrons. The molecule has 0 spiro atoms. The molecule has 0 saturated heterocycles. The van der Waals surface area contributed by atoms with Crippen molar-refractivity contribution in [2.75, 3.05) is 18.8 Å². The molecular formula is C11H14N4OS2. The summed E-state index contributed by atoms with van der Waals surface area (Å²) in [7, 11) is 0. The van der Waals surface area contributed by atoms with Crippen LogP contribution in [0.15, 0.2) is 11.2 Å². The lowest BCUT2D eigenvalue weighted by Crippen LogP contribution is -2.23. The third-order valence-electron chi connectivity index (χ3n) is 2.64. The van der Waals surface area contributed by atoms with Gasteiger partial charge < -0.3 is 5.32 Å². The van der Waals surface area contributed by atoms with Crippen molar-refractivity contribution >= 4 is 29.0 Å². The van der Waals surface area contributed by atoms with Gasteiger partial charge in [-0.2, -0.15) is 11.8 Å². The third kappa shape index (κ3) is 3.41. The molecule has 1 aromatic heterocycles. The van der Waals surface area contributed by atoms with Crippen LogP contribution in [0.1, 0.15) is 26.5 Å². The summed E-state index contributed by atoms with van der Waals surface area (Å²) >= 11 is 3.52. The average molecular weight is 282 g/mol. The first-order valence-electron chi connectivity index (χ1n) is 5.79. The molecule has 0 atom stereocenters. The number of fused-ring (bicyclic) bond motifs is 1. The summed E-state index contributed by atoms with van der Waals surface area (Å²) in [6.07, 6.45) is 1.76. The number of hydrogen-bond donors (Lipinski definition) is 1. The normalized spacial score (nSPS) is 13.6. The monoisotopic (exact) mass is 282 g/mol. The number of hydrogen-bond acceptors (Lipinski definition) is 4. The average Bonchev–Trinajstić information content (AvgIpc) is 2.82. The Morgan fingerprint density at radius 1 is 1.61 bits per heavy atom. The first-order chi connectivity index (χ1) is 8.81. The van der Waals surface area contributed by atoms with Gasteiger partial charge in [0.2, 0.25) is 0 Å². The lowest BCUT2D eigenvalue weighted by Gasteiger charge is -2.08. The SMILES string of the molecule is [N-]=[N+]=NCCCNC(=O)c1cc2c(s1)CCSC2. The highest BCUT2D eigenvalue weighted by Crippen LogP contribution is 2.31. The van der Waals surface area contributed by atoms with Gasteiger partial charge in [-0.25, -0.2) is 0 Å². The van der Waals surface area contributed by atoms with Crippen molar-refractivity contribution < 1.29 is 4.79 Å². The molecule has 7 heteroatoms. The van der Waals surface area contributed by atoms with Crippen molar-refractivity contribution in [3.05, 3.63) is 31.8 Å². The smallest absolute Gasteiger partial charge is 0.261 e. The van der Waals surface area contributed by atoms with Crippen LogP contribution in [0.25, 0.3) is 10.4 Å². The van der Waals surface area contributed by atoms with E-state index < -0.39 is 0 Å². The van der Waals surface area contributed by atoms with Gasteiger partial charge in [-0.05, 0) is 35.8 Å². The van der Waals surface area contributed by atoms with Crippen LogP contribution in [-0.4, -0.2) is 24.7 Å². The quantitative estimate of drug-likeness (QED) is 0.390. The molecule has 0 bridgehead atoms. The van der Waals surface area contributed by atoms with E-state index in [1.54, 1.807) is 11.3 Å². The first-order valence-corrected chi connectivity index (χ1v) is 7.77. The zero-order valence-corrected chi connectivity index (χ0v) is 11.5. The number of carbonyl (C=O) groups excluding carboxylic acids is 1. The fourth-order valence-electron chi connectivity index (χ4n) is 1.74. The maximum atomic E-state index is 11.9. The van der Waals surface area contributed by atoms with Crippen LogP contribution in [0, 0.1) is 0 Å². The van der Waals surface area contributed by atoms with Crippen LogP contribution in [-0.2, 0) is 12.2 Å². The fourth-order valence-corrected chi connectivity index (χ4v) is 4.03. The second-order valence-corrected chi connectivity index (χ2v) is 6.17. The van der Waals surface area contributed by atoms with Crippen LogP contribution < -0.4 is 5.32 Å². The molecule has 18 heavy (non-hydrogen) atoms. The topological polar surface area (TPSA) is 77.9 Å². The van der Waals surface area contributed by atoms with Crippen LogP contribution >= 0.6 is 23.1 Å². The molecule has 1 aromatic rings. The Hall–Kier alpha value is -1.17. The van der Waals surface area contributed by atoms with Gasteiger partial charge in [0, 0.05) is 28.6 Å². The summed E-state index contributed by atoms with van der Waals surface area (Å²) < 4.78 is 0. The highest BCUT2D eigenvalue weighted by molar-refractivity contribution is 7.98. The Morgan fingerprint density at radius 3 is 3.28 bits per heavy atom. The van der Waals surface area contributed by atoms with Crippen molar-refractivity contribution in [1.29, 1.82) is 0 Å². The van der Waals surface area contributed by atoms with Crippen molar-refractivity contribution in [1.82, 2.24) is 5.32 Å². The summed E-state index contributed by atoms with van der Waals surface area (Å²) in [6.45, 7) is 0.976. The van der Waals surface area contributed by atoms with E-state index in [0.29, 0.717) is 19.5 Å². The maximum absolute atomic E-state index is 11.9. The molecular weight excluding hydrogens is 268 g/mol. The van der Waals surface area contributed by atoms with E-state index in [1.165, 1.54) is 10.4 Å². The lowest BCUT2D eigenvalue weighted by molar-refractivity contribution is 0.0957. The van der Waals surface area contributed by atoms with E-state index in [2.05, 4.69) is 15.3 Å². The van der Waals surface area contributed by atoms with E-state index in [0.717, 1.165) is 22.8 Å². The van der Waals surface area contributed by atoms with Crippen LogP contribution in [0.4, 0.5) is 0 Å². The zero-order valence-electron chi connectivity index (χ0n) is 9.89. The largest absolute Gasteiger partial charge is 0.351 e. The van der Waals surface area contributed by atoms with E-state index in [4.69, 9.17) is 5.53 Å². The minimum atomic E-state index is -0.0136. The van der Waals surface area contributed by atoms with Crippen molar-refractivity contribution in [2.45, 2.75) is 18.6 Å². The molecule has 1 N–H and O–H groups in total. The Labute approximate surface area is 114 Å². The van der Waals surface area contributed by atoms with E-state index in [1.807, 2.05) is 17.8 Å². The predicted molar refractivity (Wildman–Crippen MR) is 75.1 cm³/mol. The summed E-state index contributed by atoms with van der Waals surface area (Å²) in [6, 6.07) is 2.01. The molecule has 2 rings (SSSR count). The number of thiophene rings is 1. The second kappa shape index (κ2) is 6.68. The van der Waals surface area contributed by atoms with Gasteiger partial charge in [-0.3, -0.25) is 4.79 Å². The Kier molecular flexibility index (Phi) is 4.92. The lowest BCUT2D eigenvalue weighted by atomic mass is 10.2. The maximum Gasteiger partial charge on any atom is 0.261 e. The van der Waals surface area contributed by atoms with Crippen molar-refractivity contribution in [3.63, 3.8) is 0 Å². The van der Waals surface area contributed by atoms with Crippen molar-refractivity contribution in [2.24, 2.45) is 5.11 Å². The third-order valence-corrected chi connectivity index (χ3v) is 4.88. The number of amides is 1. The number of nitrogens with one attached hydrogen (secondary N) is 1. The highest BCUT2D eigenvalue weighted by Gasteiger charge is 2.16. The zero-order chi connectivity index (χ0) is 12.8. The molecule has 5 nitrogen and oxygen atoms in total.